The van der Waals surface area contributed by atoms with Crippen LogP contribution in [0.3, 0.4) is 0 Å². The molecule has 76 valence electrons. The van der Waals surface area contributed by atoms with Gasteiger partial charge in [0, 0.05) is 0 Å². The standard InChI is InChI=1S/C11H10N2O2/c14-11-6-12-10-7-15-9-5-3-1-2-4-8(9)13(10)11/h2-5H,1,6-7H2. The zero-order valence-corrected chi connectivity index (χ0v) is 8.14. The van der Waals surface area contributed by atoms with Gasteiger partial charge in [-0.3, -0.25) is 14.7 Å². The first-order chi connectivity index (χ1) is 7.36. The quantitative estimate of drug-likeness (QED) is 0.587. The number of carbonyl (C=O) groups is 1. The molecule has 3 aliphatic rings. The van der Waals surface area contributed by atoms with E-state index in [0.717, 1.165) is 23.7 Å². The third-order valence-corrected chi connectivity index (χ3v) is 2.57. The van der Waals surface area contributed by atoms with Crippen molar-refractivity contribution in [3.8, 4) is 0 Å². The van der Waals surface area contributed by atoms with E-state index in [1.54, 1.807) is 4.90 Å². The van der Waals surface area contributed by atoms with Crippen LogP contribution in [0.25, 0.3) is 0 Å². The van der Waals surface area contributed by atoms with Gasteiger partial charge in [0.25, 0.3) is 5.91 Å². The Bertz CT molecular complexity index is 444. The summed E-state index contributed by atoms with van der Waals surface area (Å²) in [6.45, 7) is 0.635. The molecule has 0 aromatic rings. The summed E-state index contributed by atoms with van der Waals surface area (Å²) in [6, 6.07) is 0. The first-order valence-electron chi connectivity index (χ1n) is 4.93. The average molecular weight is 202 g/mol. The molecule has 15 heavy (non-hydrogen) atoms. The number of rotatable bonds is 0. The minimum absolute atomic E-state index is 0.0285. The van der Waals surface area contributed by atoms with E-state index in [-0.39, 0.29) is 12.5 Å². The van der Waals surface area contributed by atoms with E-state index in [1.807, 2.05) is 24.3 Å². The van der Waals surface area contributed by atoms with Crippen LogP contribution in [-0.2, 0) is 9.53 Å². The van der Waals surface area contributed by atoms with Crippen molar-refractivity contribution in [1.82, 2.24) is 4.90 Å². The molecule has 0 saturated heterocycles. The molecule has 0 N–H and O–H groups in total. The molecule has 0 saturated carbocycles. The first-order valence-corrected chi connectivity index (χ1v) is 4.93. The van der Waals surface area contributed by atoms with Gasteiger partial charge in [-0.25, -0.2) is 0 Å². The summed E-state index contributed by atoms with van der Waals surface area (Å²) in [6.07, 6.45) is 8.73. The molecule has 3 rings (SSSR count). The van der Waals surface area contributed by atoms with E-state index in [2.05, 4.69) is 4.99 Å². The Morgan fingerprint density at radius 2 is 2.20 bits per heavy atom. The molecule has 1 aliphatic carbocycles. The maximum atomic E-state index is 11.6. The van der Waals surface area contributed by atoms with E-state index < -0.39 is 0 Å². The molecule has 0 atom stereocenters. The summed E-state index contributed by atoms with van der Waals surface area (Å²) < 4.78 is 5.54. The van der Waals surface area contributed by atoms with E-state index in [1.165, 1.54) is 0 Å². The van der Waals surface area contributed by atoms with Crippen LogP contribution in [0.4, 0.5) is 0 Å². The molecule has 1 amide bonds. The van der Waals surface area contributed by atoms with Crippen molar-refractivity contribution in [3.05, 3.63) is 35.8 Å². The predicted molar refractivity (Wildman–Crippen MR) is 55.0 cm³/mol. The van der Waals surface area contributed by atoms with Crippen LogP contribution >= 0.6 is 0 Å². The summed E-state index contributed by atoms with van der Waals surface area (Å²) >= 11 is 0. The highest BCUT2D eigenvalue weighted by molar-refractivity contribution is 6.07. The average Bonchev–Trinajstić information content (AvgIpc) is 2.51. The monoisotopic (exact) mass is 202 g/mol. The number of aliphatic imine (C=N–C) groups is 1. The van der Waals surface area contributed by atoms with E-state index in [0.29, 0.717) is 6.61 Å². The summed E-state index contributed by atoms with van der Waals surface area (Å²) in [5, 5.41) is 0. The molecule has 2 heterocycles. The SMILES string of the molecule is O=C1CN=C2COC3=C(C=CCC=C3)N12. The second-order valence-electron chi connectivity index (χ2n) is 3.54. The fourth-order valence-corrected chi connectivity index (χ4v) is 1.88. The predicted octanol–water partition coefficient (Wildman–Crippen LogP) is 0.985. The lowest BCUT2D eigenvalue weighted by atomic mass is 10.2. The zero-order valence-electron chi connectivity index (χ0n) is 8.14. The molecule has 2 aliphatic heterocycles. The Kier molecular flexibility index (Phi) is 1.74. The fourth-order valence-electron chi connectivity index (χ4n) is 1.88. The molecule has 0 bridgehead atoms. The second kappa shape index (κ2) is 3.08. The van der Waals surface area contributed by atoms with Gasteiger partial charge in [0.2, 0.25) is 0 Å². The molecule has 0 unspecified atom stereocenters. The van der Waals surface area contributed by atoms with Gasteiger partial charge in [-0.2, -0.15) is 0 Å². The maximum Gasteiger partial charge on any atom is 0.254 e. The number of hydrogen-bond donors (Lipinski definition) is 0. The lowest BCUT2D eigenvalue weighted by molar-refractivity contribution is -0.123. The number of fused-ring (bicyclic) bond motifs is 2. The smallest absolute Gasteiger partial charge is 0.254 e. The van der Waals surface area contributed by atoms with Gasteiger partial charge in [-0.15, -0.1) is 0 Å². The van der Waals surface area contributed by atoms with Crippen LogP contribution in [0.2, 0.25) is 0 Å². The highest BCUT2D eigenvalue weighted by atomic mass is 16.5. The number of amides is 1. The van der Waals surface area contributed by atoms with Crippen molar-refractivity contribution in [1.29, 1.82) is 0 Å². The molecule has 0 radical (unpaired) electrons. The normalized spacial score (nSPS) is 23.3. The van der Waals surface area contributed by atoms with Crippen LogP contribution in [0.15, 0.2) is 40.8 Å². The molecule has 4 heteroatoms. The lowest BCUT2D eigenvalue weighted by Crippen LogP contribution is -2.37. The van der Waals surface area contributed by atoms with Crippen molar-refractivity contribution in [2.24, 2.45) is 4.99 Å². The van der Waals surface area contributed by atoms with Crippen LogP contribution in [-0.4, -0.2) is 29.8 Å². The fraction of sp³-hybridized carbons (Fsp3) is 0.273. The molecule has 0 spiro atoms. The molecule has 0 aromatic carbocycles. The molecule has 0 aromatic heterocycles. The van der Waals surface area contributed by atoms with Crippen molar-refractivity contribution >= 4 is 11.7 Å². The largest absolute Gasteiger partial charge is 0.483 e. The Morgan fingerprint density at radius 1 is 1.33 bits per heavy atom. The van der Waals surface area contributed by atoms with Crippen LogP contribution < -0.4 is 0 Å². The Morgan fingerprint density at radius 3 is 3.13 bits per heavy atom. The molecule has 0 fully saturated rings. The third-order valence-electron chi connectivity index (χ3n) is 2.57. The summed E-state index contributed by atoms with van der Waals surface area (Å²) in [5.41, 5.74) is 0.816. The number of nitrogens with zero attached hydrogens (tertiary/aromatic N) is 2. The van der Waals surface area contributed by atoms with Crippen LogP contribution in [0.5, 0.6) is 0 Å². The van der Waals surface area contributed by atoms with Crippen molar-refractivity contribution in [3.63, 3.8) is 0 Å². The zero-order chi connectivity index (χ0) is 10.3. The number of amidine groups is 1. The van der Waals surface area contributed by atoms with Crippen molar-refractivity contribution < 1.29 is 9.53 Å². The lowest BCUT2D eigenvalue weighted by Gasteiger charge is -2.26. The molecular weight excluding hydrogens is 192 g/mol. The van der Waals surface area contributed by atoms with E-state index in [9.17, 15) is 4.79 Å². The van der Waals surface area contributed by atoms with Crippen LogP contribution in [0.1, 0.15) is 6.42 Å². The van der Waals surface area contributed by atoms with Gasteiger partial charge in [-0.05, 0) is 18.6 Å². The highest BCUT2D eigenvalue weighted by Gasteiger charge is 2.33. The number of carbonyl (C=O) groups excluding carboxylic acids is 1. The maximum absolute atomic E-state index is 11.6. The molecular formula is C11H10N2O2. The summed E-state index contributed by atoms with van der Waals surface area (Å²) in [4.78, 5) is 17.4. The first kappa shape index (κ1) is 8.47. The highest BCUT2D eigenvalue weighted by Crippen LogP contribution is 2.25. The number of hydrogen-bond acceptors (Lipinski definition) is 3. The van der Waals surface area contributed by atoms with Gasteiger partial charge in [-0.1, -0.05) is 12.2 Å². The third kappa shape index (κ3) is 1.21. The summed E-state index contributed by atoms with van der Waals surface area (Å²) in [7, 11) is 0. The van der Waals surface area contributed by atoms with Gasteiger partial charge >= 0.3 is 0 Å². The number of allylic oxidation sites excluding steroid dienone is 4. The Labute approximate surface area is 87.2 Å². The van der Waals surface area contributed by atoms with Crippen LogP contribution in [0, 0.1) is 0 Å². The number of ether oxygens (including phenoxy) is 1. The topological polar surface area (TPSA) is 41.9 Å². The minimum Gasteiger partial charge on any atom is -0.483 e. The van der Waals surface area contributed by atoms with Crippen molar-refractivity contribution in [2.75, 3.05) is 13.2 Å². The Hall–Kier alpha value is -1.84. The van der Waals surface area contributed by atoms with Gasteiger partial charge in [0.15, 0.2) is 0 Å². The van der Waals surface area contributed by atoms with Gasteiger partial charge in [0.05, 0.1) is 5.70 Å². The Balaban J connectivity index is 2.11. The van der Waals surface area contributed by atoms with Crippen molar-refractivity contribution in [2.45, 2.75) is 6.42 Å². The minimum atomic E-state index is 0.0285. The van der Waals surface area contributed by atoms with E-state index >= 15 is 0 Å². The molecule has 4 nitrogen and oxygen atoms in total. The summed E-state index contributed by atoms with van der Waals surface area (Å²) in [5.74, 6) is 1.51. The van der Waals surface area contributed by atoms with Gasteiger partial charge < -0.3 is 4.74 Å². The van der Waals surface area contributed by atoms with Gasteiger partial charge in [0.1, 0.15) is 24.7 Å². The van der Waals surface area contributed by atoms with E-state index in [4.69, 9.17) is 4.74 Å². The second-order valence-corrected chi connectivity index (χ2v) is 3.54.